The van der Waals surface area contributed by atoms with Crippen LogP contribution in [0.25, 0.3) is 0 Å². The largest absolute Gasteiger partial charge is 0.383 e. The van der Waals surface area contributed by atoms with Crippen molar-refractivity contribution in [2.75, 3.05) is 17.7 Å². The van der Waals surface area contributed by atoms with Gasteiger partial charge in [-0.3, -0.25) is 0 Å². The average Bonchev–Trinajstić information content (AvgIpc) is 1.85. The fourth-order valence-electron chi connectivity index (χ4n) is 0.666. The number of nitrogens with two attached hydrogens (primary N) is 2. The first-order valence-corrected chi connectivity index (χ1v) is 4.38. The van der Waals surface area contributed by atoms with Crippen molar-refractivity contribution in [1.82, 2.24) is 9.97 Å². The monoisotopic (exact) mass is 190 g/mol. The number of halogens is 1. The zero-order valence-corrected chi connectivity index (χ0v) is 7.41. The van der Waals surface area contributed by atoms with E-state index in [9.17, 15) is 0 Å². The maximum Gasteiger partial charge on any atom is 0.226 e. The molecule has 0 amide bonds. The number of hydrogen-bond donors (Lipinski definition) is 2. The van der Waals surface area contributed by atoms with Crippen molar-refractivity contribution in [1.29, 1.82) is 0 Å². The summed E-state index contributed by atoms with van der Waals surface area (Å²) in [6, 6.07) is 0. The molecule has 4 nitrogen and oxygen atoms in total. The Balaban J connectivity index is 3.25. The molecule has 0 atom stereocenters. The first kappa shape index (κ1) is 8.42. The molecule has 0 bridgehead atoms. The zero-order valence-electron chi connectivity index (χ0n) is 5.84. The maximum atomic E-state index is 5.50. The van der Waals surface area contributed by atoms with Crippen molar-refractivity contribution >= 4 is 35.0 Å². The van der Waals surface area contributed by atoms with Gasteiger partial charge in [-0.15, -0.1) is 11.8 Å². The Morgan fingerprint density at radius 1 is 1.27 bits per heavy atom. The normalized spacial score (nSPS) is 10.0. The zero-order chi connectivity index (χ0) is 8.43. The summed E-state index contributed by atoms with van der Waals surface area (Å²) in [6.07, 6.45) is 1.85. The lowest BCUT2D eigenvalue weighted by molar-refractivity contribution is 1.13. The molecular formula is C5H7ClN4S. The standard InChI is InChI=1S/C5H7ClN4S/c1-11-2-3(7)9-5(6)10-4(2)8/h1H3,(H4,7,8,9,10). The molecule has 4 N–H and O–H groups in total. The van der Waals surface area contributed by atoms with Crippen molar-refractivity contribution in [3.8, 4) is 0 Å². The van der Waals surface area contributed by atoms with Gasteiger partial charge in [0.25, 0.3) is 0 Å². The molecule has 0 aliphatic carbocycles. The number of thioether (sulfide) groups is 1. The Morgan fingerprint density at radius 3 is 2.09 bits per heavy atom. The molecule has 11 heavy (non-hydrogen) atoms. The third-order valence-electron chi connectivity index (χ3n) is 1.09. The van der Waals surface area contributed by atoms with Gasteiger partial charge in [0.2, 0.25) is 5.28 Å². The van der Waals surface area contributed by atoms with E-state index >= 15 is 0 Å². The van der Waals surface area contributed by atoms with Gasteiger partial charge in [0.05, 0.1) is 4.90 Å². The summed E-state index contributed by atoms with van der Waals surface area (Å²) in [5.41, 5.74) is 11.0. The lowest BCUT2D eigenvalue weighted by Crippen LogP contribution is -2.01. The Kier molecular flexibility index (Phi) is 2.41. The smallest absolute Gasteiger partial charge is 0.226 e. The molecule has 0 unspecified atom stereocenters. The molecule has 1 heterocycles. The summed E-state index contributed by atoms with van der Waals surface area (Å²) in [5, 5.41) is 0.0813. The second-order valence-electron chi connectivity index (χ2n) is 1.80. The summed E-state index contributed by atoms with van der Waals surface area (Å²) in [6.45, 7) is 0. The Labute approximate surface area is 73.3 Å². The average molecular weight is 191 g/mol. The second kappa shape index (κ2) is 3.15. The van der Waals surface area contributed by atoms with E-state index < -0.39 is 0 Å². The Hall–Kier alpha value is -0.680. The number of hydrogen-bond acceptors (Lipinski definition) is 5. The molecule has 1 rings (SSSR count). The van der Waals surface area contributed by atoms with Crippen LogP contribution in [0.15, 0.2) is 4.90 Å². The molecule has 0 saturated heterocycles. The second-order valence-corrected chi connectivity index (χ2v) is 2.95. The van der Waals surface area contributed by atoms with Crippen molar-refractivity contribution in [3.63, 3.8) is 0 Å². The van der Waals surface area contributed by atoms with Gasteiger partial charge in [0, 0.05) is 0 Å². The van der Waals surface area contributed by atoms with Gasteiger partial charge in [-0.1, -0.05) is 0 Å². The van der Waals surface area contributed by atoms with Gasteiger partial charge in [-0.2, -0.15) is 9.97 Å². The highest BCUT2D eigenvalue weighted by atomic mass is 35.5. The minimum atomic E-state index is 0.0813. The summed E-state index contributed by atoms with van der Waals surface area (Å²) >= 11 is 6.88. The Bertz CT molecular complexity index is 254. The summed E-state index contributed by atoms with van der Waals surface area (Å²) < 4.78 is 0. The van der Waals surface area contributed by atoms with E-state index in [0.717, 1.165) is 0 Å². The SMILES string of the molecule is CSc1c(N)nc(Cl)nc1N. The first-order valence-electron chi connectivity index (χ1n) is 2.77. The van der Waals surface area contributed by atoms with E-state index in [1.165, 1.54) is 11.8 Å². The number of nitrogens with zero attached hydrogens (tertiary/aromatic N) is 2. The molecule has 0 saturated carbocycles. The van der Waals surface area contributed by atoms with Gasteiger partial charge in [-0.05, 0) is 17.9 Å². The van der Waals surface area contributed by atoms with Crippen LogP contribution in [0, 0.1) is 0 Å². The lowest BCUT2D eigenvalue weighted by Gasteiger charge is -2.03. The van der Waals surface area contributed by atoms with Crippen molar-refractivity contribution in [2.45, 2.75) is 4.90 Å². The van der Waals surface area contributed by atoms with Crippen LogP contribution >= 0.6 is 23.4 Å². The van der Waals surface area contributed by atoms with Crippen molar-refractivity contribution in [2.24, 2.45) is 0 Å². The summed E-state index contributed by atoms with van der Waals surface area (Å²) in [4.78, 5) is 8.15. The van der Waals surface area contributed by atoms with E-state index in [0.29, 0.717) is 16.5 Å². The van der Waals surface area contributed by atoms with Gasteiger partial charge in [-0.25, -0.2) is 0 Å². The first-order chi connectivity index (χ1) is 5.15. The third-order valence-corrected chi connectivity index (χ3v) is 2.09. The van der Waals surface area contributed by atoms with Crippen molar-refractivity contribution < 1.29 is 0 Å². The minimum Gasteiger partial charge on any atom is -0.383 e. The van der Waals surface area contributed by atoms with Crippen LogP contribution in [0.4, 0.5) is 11.6 Å². The van der Waals surface area contributed by atoms with Gasteiger partial charge >= 0.3 is 0 Å². The van der Waals surface area contributed by atoms with Crippen molar-refractivity contribution in [3.05, 3.63) is 5.28 Å². The van der Waals surface area contributed by atoms with Crippen LogP contribution in [0.3, 0.4) is 0 Å². The van der Waals surface area contributed by atoms with Gasteiger partial charge in [0.15, 0.2) is 0 Å². The number of aromatic nitrogens is 2. The molecule has 0 spiro atoms. The number of anilines is 2. The quantitative estimate of drug-likeness (QED) is 0.511. The topological polar surface area (TPSA) is 77.8 Å². The molecule has 0 aliphatic rings. The maximum absolute atomic E-state index is 5.50. The van der Waals surface area contributed by atoms with Crippen LogP contribution in [-0.4, -0.2) is 16.2 Å². The minimum absolute atomic E-state index is 0.0813. The van der Waals surface area contributed by atoms with Crippen LogP contribution < -0.4 is 11.5 Å². The fraction of sp³-hybridized carbons (Fsp3) is 0.200. The lowest BCUT2D eigenvalue weighted by atomic mass is 10.5. The molecule has 6 heteroatoms. The predicted molar refractivity (Wildman–Crippen MR) is 47.6 cm³/mol. The molecule has 1 aromatic rings. The molecule has 60 valence electrons. The van der Waals surface area contributed by atoms with E-state index in [1.807, 2.05) is 6.26 Å². The number of rotatable bonds is 1. The van der Waals surface area contributed by atoms with Crippen LogP contribution in [-0.2, 0) is 0 Å². The highest BCUT2D eigenvalue weighted by Gasteiger charge is 2.06. The van der Waals surface area contributed by atoms with E-state index in [-0.39, 0.29) is 5.28 Å². The highest BCUT2D eigenvalue weighted by molar-refractivity contribution is 7.98. The van der Waals surface area contributed by atoms with Crippen LogP contribution in [0.2, 0.25) is 5.28 Å². The Morgan fingerprint density at radius 2 is 1.73 bits per heavy atom. The molecular weight excluding hydrogens is 184 g/mol. The summed E-state index contributed by atoms with van der Waals surface area (Å²) in [7, 11) is 0. The van der Waals surface area contributed by atoms with Crippen LogP contribution in [0.1, 0.15) is 0 Å². The third kappa shape index (κ3) is 1.66. The predicted octanol–water partition coefficient (Wildman–Crippen LogP) is 1.02. The van der Waals surface area contributed by atoms with E-state index in [4.69, 9.17) is 23.1 Å². The highest BCUT2D eigenvalue weighted by Crippen LogP contribution is 2.26. The molecule has 0 radical (unpaired) electrons. The van der Waals surface area contributed by atoms with Crippen LogP contribution in [0.5, 0.6) is 0 Å². The summed E-state index contributed by atoms with van der Waals surface area (Å²) in [5.74, 6) is 0.657. The number of nitrogen functional groups attached to an aromatic ring is 2. The molecule has 0 aromatic carbocycles. The fourth-order valence-corrected chi connectivity index (χ4v) is 1.36. The molecule has 0 fully saturated rings. The molecule has 1 aromatic heterocycles. The van der Waals surface area contributed by atoms with Gasteiger partial charge < -0.3 is 11.5 Å². The van der Waals surface area contributed by atoms with E-state index in [1.54, 1.807) is 0 Å². The van der Waals surface area contributed by atoms with Gasteiger partial charge in [0.1, 0.15) is 11.6 Å². The van der Waals surface area contributed by atoms with E-state index in [2.05, 4.69) is 9.97 Å². The molecule has 0 aliphatic heterocycles.